The molecule has 14 heavy (non-hydrogen) atoms. The van der Waals surface area contributed by atoms with Gasteiger partial charge in [0.15, 0.2) is 17.4 Å². The second-order valence-electron chi connectivity index (χ2n) is 2.12. The Morgan fingerprint density at radius 2 is 1.29 bits per heavy atom. The number of rotatable bonds is 3. The molecule has 0 bridgehead atoms. The van der Waals surface area contributed by atoms with Crippen LogP contribution in [0.1, 0.15) is 2.85 Å². The van der Waals surface area contributed by atoms with Gasteiger partial charge in [0.05, 0.1) is 25.4 Å². The van der Waals surface area contributed by atoms with E-state index in [0.29, 0.717) is 0 Å². The Balaban J connectivity index is -0.0000000281. The molecule has 84 valence electrons. The van der Waals surface area contributed by atoms with E-state index >= 15 is 0 Å². The summed E-state index contributed by atoms with van der Waals surface area (Å²) < 4.78 is 8.74. The van der Waals surface area contributed by atoms with E-state index in [1.165, 1.54) is 0 Å². The Labute approximate surface area is 113 Å². The molecule has 0 aromatic heterocycles. The molecule has 0 saturated carbocycles. The fourth-order valence-electron chi connectivity index (χ4n) is 0.150. The summed E-state index contributed by atoms with van der Waals surface area (Å²) in [7, 11) is -3.13. The van der Waals surface area contributed by atoms with E-state index in [-0.39, 0.29) is 43.3 Å². The van der Waals surface area contributed by atoms with Crippen LogP contribution in [-0.2, 0) is 4.46 Å². The molecular weight excluding hydrogens is 237 g/mol. The molecule has 0 fully saturated rings. The maximum absolute atomic E-state index is 8.74. The Hall–Kier alpha value is 0.756. The molecule has 0 radical (unpaired) electrons. The summed E-state index contributed by atoms with van der Waals surface area (Å²) in [6, 6.07) is 0. The number of hydrogen-bond donors (Lipinski definition) is 6. The fourth-order valence-corrected chi connectivity index (χ4v) is 0.150. The Bertz CT molecular complexity index is 133. The zero-order chi connectivity index (χ0) is 10.2. The summed E-state index contributed by atoms with van der Waals surface area (Å²) in [5, 5.41) is 25.0. The summed E-state index contributed by atoms with van der Waals surface area (Å²) in [5.41, 5.74) is 3.94. The molecule has 10 heteroatoms. The predicted octanol–water partition coefficient (Wildman–Crippen LogP) is -5.29. The van der Waals surface area contributed by atoms with Crippen molar-refractivity contribution in [2.75, 3.05) is 19.8 Å². The molecule has 0 amide bonds. The summed E-state index contributed by atoms with van der Waals surface area (Å²) in [5.74, 6) is 0. The molecule has 7 N–H and O–H groups in total. The minimum Gasteiger partial charge on any atom is -1.00 e. The normalized spacial score (nSPS) is 8.57. The van der Waals surface area contributed by atoms with E-state index < -0.39 is 34.5 Å². The Morgan fingerprint density at radius 1 is 1.14 bits per heavy atom. The second kappa shape index (κ2) is 13.8. The van der Waals surface area contributed by atoms with Crippen molar-refractivity contribution < 1.29 is 32.2 Å². The van der Waals surface area contributed by atoms with Gasteiger partial charge < -0.3 is 33.5 Å². The average Bonchev–Trinajstić information content (AvgIpc) is 2.02. The van der Waals surface area contributed by atoms with Crippen molar-refractivity contribution in [3.8, 4) is 0 Å². The Morgan fingerprint density at radius 3 is 1.29 bits per heavy atom. The molecule has 0 aromatic carbocycles. The summed E-state index contributed by atoms with van der Waals surface area (Å²) >= 11 is 0. The van der Waals surface area contributed by atoms with Crippen molar-refractivity contribution in [3.63, 3.8) is 0 Å². The maximum Gasteiger partial charge on any atom is 2.00 e. The van der Waals surface area contributed by atoms with E-state index in [4.69, 9.17) is 35.1 Å². The van der Waals surface area contributed by atoms with Gasteiger partial charge in [-0.25, -0.2) is 0 Å². The van der Waals surface area contributed by atoms with Crippen LogP contribution in [-0.4, -0.2) is 99.9 Å². The molecule has 0 heterocycles. The van der Waals surface area contributed by atoms with Gasteiger partial charge >= 0.3 is 32.2 Å². The van der Waals surface area contributed by atoms with E-state index in [1.54, 1.807) is 0 Å². The summed E-state index contributed by atoms with van der Waals surface area (Å²) in [6.07, 6.45) is 0. The molecule has 0 saturated heterocycles. The second-order valence-corrected chi connectivity index (χ2v) is 2.68. The van der Waals surface area contributed by atoms with Crippen molar-refractivity contribution in [2.45, 2.75) is 5.54 Å². The Kier molecular flexibility index (Phi) is 23.7. The quantitative estimate of drug-likeness (QED) is 0.276. The van der Waals surface area contributed by atoms with Crippen LogP contribution in [0.15, 0.2) is 0 Å². The first kappa shape index (κ1) is 24.1. The maximum atomic E-state index is 8.74. The topological polar surface area (TPSA) is 144 Å². The number of hydrogen-bond acceptors (Lipinski definition) is 5. The van der Waals surface area contributed by atoms with E-state index in [2.05, 4.69) is 0 Å². The molecule has 7 nitrogen and oxygen atoms in total. The third-order valence-corrected chi connectivity index (χ3v) is 0.945. The minimum atomic E-state index is -3.13. The van der Waals surface area contributed by atoms with Gasteiger partial charge in [0.2, 0.25) is 0 Å². The molecule has 0 aliphatic carbocycles. The van der Waals surface area contributed by atoms with Crippen LogP contribution >= 0.6 is 0 Å². The molecule has 0 unspecified atom stereocenters. The van der Waals surface area contributed by atoms with Crippen molar-refractivity contribution >= 4 is 49.6 Å². The fraction of sp³-hybridized carbons (Fsp3) is 1.00. The van der Waals surface area contributed by atoms with Crippen LogP contribution in [0, 0.1) is 0 Å². The predicted molar refractivity (Wildman–Crippen MR) is 57.0 cm³/mol. The van der Waals surface area contributed by atoms with Crippen LogP contribution in [0.4, 0.5) is 0 Å². The molecule has 0 rings (SSSR count). The minimum absolute atomic E-state index is 0. The molecular formula is C4H18AlMgNO6Si. The zero-order valence-corrected chi connectivity index (χ0v) is 9.46. The first-order valence-corrected chi connectivity index (χ1v) is 4.25. The monoisotopic (exact) mass is 255 g/mol. The van der Waals surface area contributed by atoms with E-state index in [1.807, 2.05) is 0 Å². The molecule has 0 atom stereocenters. The van der Waals surface area contributed by atoms with Crippen molar-refractivity contribution in [1.82, 2.24) is 0 Å². The standard InChI is InChI=1S/C4H11NO3.Al.Mg.H2O3Si.5H/c5-4(1-6,2-7)3-8;;;1-4(2)3;;;;;/h6-8H,1-3,5H2;;;1-2H;;;;;/q;;+2;;;;;2*-1. The SMILES string of the molecule is NC(CO)(CO)CO.O=[Si](O)O.[AlH3].[H-].[H-].[Mg+2]. The van der Waals surface area contributed by atoms with Gasteiger partial charge in [-0.15, -0.1) is 0 Å². The van der Waals surface area contributed by atoms with Crippen molar-refractivity contribution in [3.05, 3.63) is 0 Å². The van der Waals surface area contributed by atoms with Gasteiger partial charge in [-0.05, 0) is 0 Å². The van der Waals surface area contributed by atoms with Gasteiger partial charge in [0, 0.05) is 0 Å². The van der Waals surface area contributed by atoms with Gasteiger partial charge in [-0.1, -0.05) is 0 Å². The number of nitrogens with two attached hydrogens (primary N) is 1. The van der Waals surface area contributed by atoms with Crippen LogP contribution in [0.5, 0.6) is 0 Å². The number of aliphatic hydroxyl groups is 3. The summed E-state index contributed by atoms with van der Waals surface area (Å²) in [6.45, 7) is -1.21. The van der Waals surface area contributed by atoms with Crippen molar-refractivity contribution in [1.29, 1.82) is 0 Å². The van der Waals surface area contributed by atoms with Crippen LogP contribution < -0.4 is 5.73 Å². The zero-order valence-electron chi connectivity index (χ0n) is 9.05. The first-order valence-electron chi connectivity index (χ1n) is 2.95. The van der Waals surface area contributed by atoms with Crippen LogP contribution in [0.2, 0.25) is 0 Å². The average molecular weight is 256 g/mol. The third kappa shape index (κ3) is 18.5. The largest absolute Gasteiger partial charge is 2.00 e. The van der Waals surface area contributed by atoms with Crippen LogP contribution in [0.3, 0.4) is 0 Å². The smallest absolute Gasteiger partial charge is 1.00 e. The van der Waals surface area contributed by atoms with Crippen LogP contribution in [0.25, 0.3) is 0 Å². The first-order chi connectivity index (χ1) is 5.41. The number of aliphatic hydroxyl groups excluding tert-OH is 3. The van der Waals surface area contributed by atoms with Gasteiger partial charge in [-0.2, -0.15) is 0 Å². The van der Waals surface area contributed by atoms with Crippen molar-refractivity contribution in [2.24, 2.45) is 5.73 Å². The molecule has 0 aromatic rings. The molecule has 0 aliphatic heterocycles. The summed E-state index contributed by atoms with van der Waals surface area (Å²) in [4.78, 5) is 14.3. The van der Waals surface area contributed by atoms with Gasteiger partial charge in [0.1, 0.15) is 0 Å². The molecule has 0 spiro atoms. The van der Waals surface area contributed by atoms with Gasteiger partial charge in [0.25, 0.3) is 0 Å². The van der Waals surface area contributed by atoms with E-state index in [0.717, 1.165) is 0 Å². The van der Waals surface area contributed by atoms with E-state index in [9.17, 15) is 0 Å². The molecule has 0 aliphatic rings. The third-order valence-electron chi connectivity index (χ3n) is 0.945. The van der Waals surface area contributed by atoms with Gasteiger partial charge in [-0.3, -0.25) is 4.46 Å².